The zero-order chi connectivity index (χ0) is 96.8. The highest BCUT2D eigenvalue weighted by molar-refractivity contribution is 14.1. The number of H-pyrrole nitrogens is 4. The maximum absolute atomic E-state index is 13.9. The first kappa shape index (κ1) is 101. The van der Waals surface area contributed by atoms with Crippen molar-refractivity contribution in [3.05, 3.63) is 327 Å². The van der Waals surface area contributed by atoms with Gasteiger partial charge in [-0.25, -0.2) is 53.0 Å². The molecule has 714 valence electrons. The van der Waals surface area contributed by atoms with Crippen LogP contribution in [0.15, 0.2) is 261 Å². The lowest BCUT2D eigenvalue weighted by Gasteiger charge is -2.14. The molecule has 15 aromatic heterocycles. The minimum Gasteiger partial charge on any atom is -0.382 e. The van der Waals surface area contributed by atoms with Gasteiger partial charge in [0, 0.05) is 200 Å². The van der Waals surface area contributed by atoms with E-state index >= 15 is 0 Å². The van der Waals surface area contributed by atoms with Crippen LogP contribution in [-0.2, 0) is 44.6 Å². The molecule has 0 saturated heterocycles. The summed E-state index contributed by atoms with van der Waals surface area (Å²) in [5.74, 6) is 1.98. The van der Waals surface area contributed by atoms with E-state index in [1.165, 1.54) is 91.7 Å². The van der Waals surface area contributed by atoms with Gasteiger partial charge in [0.05, 0.1) is 79.8 Å². The molecule has 0 aliphatic heterocycles. The minimum absolute atomic E-state index is 0.233. The molecule has 0 saturated carbocycles. The molecule has 0 aliphatic rings. The van der Waals surface area contributed by atoms with Gasteiger partial charge >= 0.3 is 0 Å². The standard InChI is InChI=1S/C27H29FN6O.C27H27FN6O.C22H24BrN5O.C16H13BrIN5.C7H14O.C6H6FN/c2*1-3-35-11-9-18(2)25-16-32-27-26(30-10-8-19-14-31-23-7-5-4-6-22(19)23)33-24(17-34(25)27)20-12-21(28)15-29-13-20;1-3-29-11-9-15(2)19-13-26-22-21(27-20(23)14-28(19)22)24-10-8-16-12-25-18-7-5-4-6-17(16)18;17-13-9-23-14(18)8-21-16(23)15(22-13)19-6-5-10-7-20-12-4-2-1-3-11(10)12;1-4-8-6-5-7(2)3;1-5-2-6(7)4-8-3-5/h4-7,12-18,31H,3,8-11H2,1-2H3,(H,30,33);4-7,12-17,31H,2-3,8-11H2,1H3,(H,30,33);4-7,12-14,25H,2-3,8-11H2,1H3,(H,24,27);1-4,7-9,20H,5-6H2,(H,19,22);2,4-6H2,1,3H3;2-4H,1H3. The number of aromatic nitrogens is 19. The maximum Gasteiger partial charge on any atom is 0.181 e. The van der Waals surface area contributed by atoms with Crippen molar-refractivity contribution in [1.29, 1.82) is 0 Å². The average Bonchev–Trinajstić information content (AvgIpc) is 1.58. The van der Waals surface area contributed by atoms with Crippen LogP contribution in [0.2, 0.25) is 0 Å². The first-order valence-corrected chi connectivity index (χ1v) is 48.6. The Bertz CT molecular complexity index is 7270. The van der Waals surface area contributed by atoms with Crippen molar-refractivity contribution in [2.45, 2.75) is 106 Å². The molecule has 8 N–H and O–H groups in total. The molecule has 0 spiro atoms. The summed E-state index contributed by atoms with van der Waals surface area (Å²) >= 11 is 9.24. The topological polar surface area (TPSA) is 308 Å². The Labute approximate surface area is 829 Å². The minimum atomic E-state index is -0.412. The highest BCUT2D eigenvalue weighted by atomic mass is 127. The monoisotopic (exact) mass is 2100 g/mol. The van der Waals surface area contributed by atoms with Crippen LogP contribution in [0.25, 0.3) is 99.9 Å². The number of aromatic amines is 4. The average molecular weight is 2100 g/mol. The number of benzene rings is 4. The molecule has 33 heteroatoms. The van der Waals surface area contributed by atoms with Gasteiger partial charge in [0.1, 0.15) is 30.4 Å². The van der Waals surface area contributed by atoms with Crippen molar-refractivity contribution < 1.29 is 32.1 Å². The van der Waals surface area contributed by atoms with E-state index in [0.717, 1.165) is 163 Å². The van der Waals surface area contributed by atoms with Gasteiger partial charge in [0.2, 0.25) is 0 Å². The van der Waals surface area contributed by atoms with Gasteiger partial charge in [0.15, 0.2) is 45.9 Å². The van der Waals surface area contributed by atoms with E-state index in [1.54, 1.807) is 31.7 Å². The molecule has 138 heavy (non-hydrogen) atoms. The summed E-state index contributed by atoms with van der Waals surface area (Å²) in [6, 6.07) is 37.5. The number of fused-ring (bicyclic) bond motifs is 8. The predicted octanol–water partition coefficient (Wildman–Crippen LogP) is 23.9. The number of para-hydroxylation sites is 4. The van der Waals surface area contributed by atoms with E-state index < -0.39 is 11.6 Å². The molecule has 0 bridgehead atoms. The number of aryl methyl sites for hydroxylation is 1. The predicted molar refractivity (Wildman–Crippen MR) is 563 cm³/mol. The Morgan fingerprint density at radius 2 is 0.768 bits per heavy atom. The van der Waals surface area contributed by atoms with Crippen LogP contribution < -0.4 is 21.3 Å². The Morgan fingerprint density at radius 1 is 0.420 bits per heavy atom. The second-order valence-electron chi connectivity index (χ2n) is 32.6. The van der Waals surface area contributed by atoms with Gasteiger partial charge in [-0.3, -0.25) is 32.6 Å². The molecule has 15 heterocycles. The molecular weight excluding hydrogens is 1990 g/mol. The van der Waals surface area contributed by atoms with Gasteiger partial charge in [-0.15, -0.1) is 6.58 Å². The number of rotatable bonds is 37. The SMILES string of the molecule is Brc1cn2c(I)cnc2c(NCCc2c[nH]c3ccccc23)n1.C=C(C)CCOCC.C=C(CCOCC)c1cnc2c(NCCc3c[nH]c4ccccc34)nc(-c3cncc(F)c3)cn12.C=C(CCOCC)c1cnc2c(NCCc3c[nH]c4ccccc34)nc(Br)cn12.CCOCCC(C)c1cnc2c(NCCc3c[nH]c4ccccc34)nc(-c3cncc(F)c3)cn12.Cc1cncc(F)c1. The molecule has 1 atom stereocenters. The summed E-state index contributed by atoms with van der Waals surface area (Å²) in [7, 11) is 0. The first-order valence-electron chi connectivity index (χ1n) is 46.0. The fraction of sp³-hybridized carbons (Fsp3) is 0.267. The molecule has 0 radical (unpaired) electrons. The molecule has 19 rings (SSSR count). The van der Waals surface area contributed by atoms with E-state index in [4.69, 9.17) is 28.9 Å². The molecular formula is C105H113Br2F3IN23O4. The normalized spacial score (nSPS) is 11.4. The highest BCUT2D eigenvalue weighted by Gasteiger charge is 2.22. The number of pyridine rings is 3. The van der Waals surface area contributed by atoms with E-state index in [1.807, 2.05) is 134 Å². The number of halogens is 6. The quantitative estimate of drug-likeness (QED) is 0.0102. The summed E-state index contributed by atoms with van der Waals surface area (Å²) in [6.45, 7) is 34.6. The second kappa shape index (κ2) is 50.2. The first-order chi connectivity index (χ1) is 67.2. The molecule has 1 unspecified atom stereocenters. The molecule has 0 aliphatic carbocycles. The van der Waals surface area contributed by atoms with Crippen molar-refractivity contribution in [2.24, 2.45) is 0 Å². The van der Waals surface area contributed by atoms with Crippen molar-refractivity contribution in [2.75, 3.05) is 100 Å². The largest absolute Gasteiger partial charge is 0.382 e. The van der Waals surface area contributed by atoms with Crippen LogP contribution in [0, 0.1) is 28.1 Å². The van der Waals surface area contributed by atoms with Crippen LogP contribution in [0.5, 0.6) is 0 Å². The smallest absolute Gasteiger partial charge is 0.181 e. The summed E-state index contributed by atoms with van der Waals surface area (Å²) in [6.07, 6.45) is 38.4. The van der Waals surface area contributed by atoms with E-state index in [-0.39, 0.29) is 11.7 Å². The van der Waals surface area contributed by atoms with Gasteiger partial charge in [-0.1, -0.05) is 98.5 Å². The molecule has 27 nitrogen and oxygen atoms in total. The van der Waals surface area contributed by atoms with Gasteiger partial charge in [-0.2, -0.15) is 0 Å². The Hall–Kier alpha value is -13.3. The van der Waals surface area contributed by atoms with Crippen LogP contribution >= 0.6 is 54.5 Å². The van der Waals surface area contributed by atoms with Crippen LogP contribution in [-0.4, -0.2) is 171 Å². The lowest BCUT2D eigenvalue weighted by atomic mass is 10.1. The van der Waals surface area contributed by atoms with Crippen molar-refractivity contribution in [3.63, 3.8) is 0 Å². The van der Waals surface area contributed by atoms with E-state index in [0.29, 0.717) is 98.9 Å². The zero-order valence-electron chi connectivity index (χ0n) is 78.3. The van der Waals surface area contributed by atoms with Crippen LogP contribution in [0.4, 0.5) is 36.4 Å². The van der Waals surface area contributed by atoms with Gasteiger partial charge in [0.25, 0.3) is 0 Å². The van der Waals surface area contributed by atoms with Gasteiger partial charge in [-0.05, 0) is 229 Å². The van der Waals surface area contributed by atoms with Gasteiger partial charge < -0.3 is 60.2 Å². The number of nitrogens with zero attached hydrogens (tertiary/aromatic N) is 15. The second-order valence-corrected chi connectivity index (χ2v) is 35.3. The molecule has 19 aromatic rings. The van der Waals surface area contributed by atoms with Crippen LogP contribution in [0.1, 0.15) is 118 Å². The number of anilines is 4. The summed E-state index contributed by atoms with van der Waals surface area (Å²) < 4.78 is 72.2. The number of ether oxygens (including phenoxy) is 4. The third-order valence-electron chi connectivity index (χ3n) is 22.7. The molecule has 0 amide bonds. The molecule has 4 aromatic carbocycles. The molecule has 0 fully saturated rings. The Morgan fingerprint density at radius 3 is 1.17 bits per heavy atom. The summed E-state index contributed by atoms with van der Waals surface area (Å²) in [5.41, 5.74) is 22.0. The maximum atomic E-state index is 13.9. The van der Waals surface area contributed by atoms with Crippen molar-refractivity contribution in [1.82, 2.24) is 92.4 Å². The fourth-order valence-electron chi connectivity index (χ4n) is 15.6. The third kappa shape index (κ3) is 26.7. The van der Waals surface area contributed by atoms with Crippen molar-refractivity contribution in [3.8, 4) is 22.5 Å². The number of hydrogen-bond acceptors (Lipinski definition) is 19. The Kier molecular flexibility index (Phi) is 36.6. The van der Waals surface area contributed by atoms with E-state index in [9.17, 15) is 13.2 Å². The lowest BCUT2D eigenvalue weighted by molar-refractivity contribution is 0.140. The lowest BCUT2D eigenvalue weighted by Crippen LogP contribution is -2.10. The Balaban J connectivity index is 0.000000140. The highest BCUT2D eigenvalue weighted by Crippen LogP contribution is 2.33. The van der Waals surface area contributed by atoms with Crippen LogP contribution in [0.3, 0.4) is 0 Å². The summed E-state index contributed by atoms with van der Waals surface area (Å²) in [4.78, 5) is 61.9. The fourth-order valence-corrected chi connectivity index (χ4v) is 16.9. The zero-order valence-corrected chi connectivity index (χ0v) is 83.6. The van der Waals surface area contributed by atoms with E-state index in [2.05, 4.69) is 251 Å². The van der Waals surface area contributed by atoms with Crippen molar-refractivity contribution >= 4 is 155 Å². The number of imidazole rings is 4. The summed E-state index contributed by atoms with van der Waals surface area (Å²) in [5, 5.41) is 18.7. The number of hydrogen-bond donors (Lipinski definition) is 8. The third-order valence-corrected chi connectivity index (χ3v) is 24.3. The number of nitrogens with one attached hydrogen (secondary N) is 8.